The normalized spacial score (nSPS) is 56.7. The molecule has 0 nitrogen and oxygen atoms in total. The average molecular weight is 210 g/mol. The molecule has 2 aliphatic carbocycles. The van der Waals surface area contributed by atoms with Gasteiger partial charge < -0.3 is 0 Å². The van der Waals surface area contributed by atoms with Gasteiger partial charge in [0.25, 0.3) is 0 Å². The third-order valence-electron chi connectivity index (χ3n) is 2.72. The smallest absolute Gasteiger partial charge is 0.0378 e. The predicted molar refractivity (Wildman–Crippen MR) is 43.2 cm³/mol. The molecule has 2 saturated carbocycles. The van der Waals surface area contributed by atoms with Crippen molar-refractivity contribution >= 4 is 27.5 Å². The lowest BCUT2D eigenvalue weighted by atomic mass is 10.0. The Balaban J connectivity index is 2.16. The van der Waals surface area contributed by atoms with Crippen molar-refractivity contribution in [3.63, 3.8) is 0 Å². The largest absolute Gasteiger partial charge is 0.123 e. The van der Waals surface area contributed by atoms with E-state index in [9.17, 15) is 0 Å². The zero-order valence-electron chi connectivity index (χ0n) is 5.19. The van der Waals surface area contributed by atoms with E-state index in [4.69, 9.17) is 11.6 Å². The minimum atomic E-state index is 0.480. The molecule has 0 unspecified atom stereocenters. The highest BCUT2D eigenvalue weighted by molar-refractivity contribution is 9.09. The quantitative estimate of drug-likeness (QED) is 0.538. The lowest BCUT2D eigenvalue weighted by Crippen LogP contribution is -2.10. The maximum atomic E-state index is 6.07. The fraction of sp³-hybridized carbons (Fsp3) is 1.00. The summed E-state index contributed by atoms with van der Waals surface area (Å²) in [4.78, 5) is 0.750. The molecule has 0 radical (unpaired) electrons. The van der Waals surface area contributed by atoms with Crippen LogP contribution in [0.3, 0.4) is 0 Å². The van der Waals surface area contributed by atoms with E-state index in [1.54, 1.807) is 0 Å². The Bertz CT molecular complexity index is 126. The number of alkyl halides is 2. The molecule has 0 aromatic rings. The topological polar surface area (TPSA) is 0 Å². The van der Waals surface area contributed by atoms with Crippen LogP contribution in [-0.4, -0.2) is 10.2 Å². The van der Waals surface area contributed by atoms with E-state index in [0.717, 1.165) is 16.7 Å². The fourth-order valence-electron chi connectivity index (χ4n) is 2.17. The second-order valence-electron chi connectivity index (χ2n) is 3.20. The molecule has 0 aliphatic heterocycles. The summed E-state index contributed by atoms with van der Waals surface area (Å²) in [5.41, 5.74) is 0. The van der Waals surface area contributed by atoms with Crippen LogP contribution in [0.15, 0.2) is 0 Å². The van der Waals surface area contributed by atoms with Crippen molar-refractivity contribution < 1.29 is 0 Å². The van der Waals surface area contributed by atoms with Gasteiger partial charge in [-0.15, -0.1) is 11.6 Å². The third-order valence-corrected chi connectivity index (χ3v) is 4.65. The highest BCUT2D eigenvalue weighted by atomic mass is 79.9. The highest BCUT2D eigenvalue weighted by Gasteiger charge is 2.45. The Kier molecular flexibility index (Phi) is 1.53. The van der Waals surface area contributed by atoms with Gasteiger partial charge in [0, 0.05) is 10.2 Å². The van der Waals surface area contributed by atoms with Crippen LogP contribution in [0.2, 0.25) is 0 Å². The summed E-state index contributed by atoms with van der Waals surface area (Å²) in [5, 5.41) is 0.480. The van der Waals surface area contributed by atoms with Gasteiger partial charge in [0.05, 0.1) is 0 Å². The average Bonchev–Trinajstić information content (AvgIpc) is 2.25. The Morgan fingerprint density at radius 2 is 2.11 bits per heavy atom. The first-order chi connectivity index (χ1) is 4.29. The van der Waals surface area contributed by atoms with Gasteiger partial charge in [0.2, 0.25) is 0 Å². The minimum absolute atomic E-state index is 0.480. The van der Waals surface area contributed by atoms with E-state index in [1.165, 1.54) is 19.3 Å². The van der Waals surface area contributed by atoms with E-state index in [2.05, 4.69) is 15.9 Å². The molecule has 9 heavy (non-hydrogen) atoms. The summed E-state index contributed by atoms with van der Waals surface area (Å²) in [6.45, 7) is 0. The summed E-state index contributed by atoms with van der Waals surface area (Å²) in [6.07, 6.45) is 4.01. The molecular weight excluding hydrogens is 199 g/mol. The van der Waals surface area contributed by atoms with Crippen molar-refractivity contribution in [1.29, 1.82) is 0 Å². The van der Waals surface area contributed by atoms with Crippen LogP contribution in [0, 0.1) is 11.8 Å². The van der Waals surface area contributed by atoms with Gasteiger partial charge in [-0.2, -0.15) is 0 Å². The zero-order valence-corrected chi connectivity index (χ0v) is 7.53. The van der Waals surface area contributed by atoms with Crippen molar-refractivity contribution in [1.82, 2.24) is 0 Å². The number of rotatable bonds is 0. The van der Waals surface area contributed by atoms with E-state index in [1.807, 2.05) is 0 Å². The molecule has 4 atom stereocenters. The first-order valence-electron chi connectivity index (χ1n) is 3.57. The van der Waals surface area contributed by atoms with Crippen molar-refractivity contribution in [2.45, 2.75) is 29.5 Å². The van der Waals surface area contributed by atoms with Crippen LogP contribution in [0.25, 0.3) is 0 Å². The van der Waals surface area contributed by atoms with Crippen molar-refractivity contribution in [3.05, 3.63) is 0 Å². The van der Waals surface area contributed by atoms with Gasteiger partial charge in [-0.25, -0.2) is 0 Å². The first kappa shape index (κ1) is 6.48. The van der Waals surface area contributed by atoms with Crippen LogP contribution < -0.4 is 0 Å². The van der Waals surface area contributed by atoms with Crippen LogP contribution in [0.5, 0.6) is 0 Å². The Morgan fingerprint density at radius 1 is 1.33 bits per heavy atom. The van der Waals surface area contributed by atoms with Crippen LogP contribution in [0.4, 0.5) is 0 Å². The molecule has 2 fully saturated rings. The molecule has 52 valence electrons. The molecule has 0 aromatic carbocycles. The second kappa shape index (κ2) is 2.13. The molecular formula is C7H10BrCl. The molecule has 2 bridgehead atoms. The molecule has 0 aromatic heterocycles. The lowest BCUT2D eigenvalue weighted by molar-refractivity contribution is 0.487. The van der Waals surface area contributed by atoms with E-state index in [-0.39, 0.29) is 0 Å². The van der Waals surface area contributed by atoms with Gasteiger partial charge >= 0.3 is 0 Å². The molecule has 0 heterocycles. The highest BCUT2D eigenvalue weighted by Crippen LogP contribution is 2.50. The lowest BCUT2D eigenvalue weighted by Gasteiger charge is -2.13. The van der Waals surface area contributed by atoms with Crippen LogP contribution in [0.1, 0.15) is 19.3 Å². The fourth-order valence-corrected chi connectivity index (χ4v) is 3.97. The SMILES string of the molecule is Cl[C@@H]1C[C@H]2CC[C@H]1[C@H]2Br. The number of hydrogen-bond donors (Lipinski definition) is 0. The molecule has 0 N–H and O–H groups in total. The molecule has 2 aliphatic rings. The number of halogens is 2. The van der Waals surface area contributed by atoms with Crippen LogP contribution >= 0.6 is 27.5 Å². The Morgan fingerprint density at radius 3 is 2.33 bits per heavy atom. The summed E-state index contributed by atoms with van der Waals surface area (Å²) in [6, 6.07) is 0. The van der Waals surface area contributed by atoms with E-state index in [0.29, 0.717) is 5.38 Å². The molecule has 2 heteroatoms. The van der Waals surface area contributed by atoms with Crippen molar-refractivity contribution in [2.24, 2.45) is 11.8 Å². The molecule has 0 spiro atoms. The molecule has 2 rings (SSSR count). The standard InChI is InChI=1S/C7H10BrCl/c8-7-4-1-2-5(7)6(9)3-4/h4-7H,1-3H2/t4-,5-,6-,7+/m1/s1. The van der Waals surface area contributed by atoms with E-state index >= 15 is 0 Å². The summed E-state index contributed by atoms with van der Waals surface area (Å²) < 4.78 is 0. The molecule has 0 saturated heterocycles. The van der Waals surface area contributed by atoms with Crippen molar-refractivity contribution in [2.75, 3.05) is 0 Å². The third kappa shape index (κ3) is 0.848. The summed E-state index contributed by atoms with van der Waals surface area (Å²) >= 11 is 9.76. The zero-order chi connectivity index (χ0) is 6.43. The second-order valence-corrected chi connectivity index (χ2v) is 4.82. The minimum Gasteiger partial charge on any atom is -0.123 e. The van der Waals surface area contributed by atoms with Gasteiger partial charge in [0.1, 0.15) is 0 Å². The Hall–Kier alpha value is 0.770. The number of fused-ring (bicyclic) bond motifs is 2. The van der Waals surface area contributed by atoms with Crippen molar-refractivity contribution in [3.8, 4) is 0 Å². The maximum absolute atomic E-state index is 6.07. The van der Waals surface area contributed by atoms with Gasteiger partial charge in [-0.1, -0.05) is 15.9 Å². The first-order valence-corrected chi connectivity index (χ1v) is 4.92. The summed E-state index contributed by atoms with van der Waals surface area (Å²) in [5.74, 6) is 1.69. The Labute approximate surface area is 69.1 Å². The predicted octanol–water partition coefficient (Wildman–Crippen LogP) is 2.79. The molecule has 0 amide bonds. The summed E-state index contributed by atoms with van der Waals surface area (Å²) in [7, 11) is 0. The van der Waals surface area contributed by atoms with Crippen LogP contribution in [-0.2, 0) is 0 Å². The van der Waals surface area contributed by atoms with Gasteiger partial charge in [0.15, 0.2) is 0 Å². The monoisotopic (exact) mass is 208 g/mol. The van der Waals surface area contributed by atoms with Gasteiger partial charge in [-0.05, 0) is 31.1 Å². The van der Waals surface area contributed by atoms with E-state index < -0.39 is 0 Å². The maximum Gasteiger partial charge on any atom is 0.0378 e. The van der Waals surface area contributed by atoms with Gasteiger partial charge in [-0.3, -0.25) is 0 Å². The number of hydrogen-bond acceptors (Lipinski definition) is 0.